The lowest BCUT2D eigenvalue weighted by molar-refractivity contribution is 0.318. The van der Waals surface area contributed by atoms with E-state index in [1.165, 1.54) is 5.56 Å². The minimum atomic E-state index is 0.0460. The van der Waals surface area contributed by atoms with Gasteiger partial charge < -0.3 is 14.3 Å². The van der Waals surface area contributed by atoms with Gasteiger partial charge in [0.25, 0.3) is 0 Å². The Morgan fingerprint density at radius 3 is 2.65 bits per heavy atom. The van der Waals surface area contributed by atoms with Crippen molar-refractivity contribution in [2.45, 2.75) is 33.1 Å². The number of oxazole rings is 1. The Bertz CT molecular complexity index is 843. The first-order valence-corrected chi connectivity index (χ1v) is 7.76. The first-order chi connectivity index (χ1) is 10.9. The van der Waals surface area contributed by atoms with Crippen LogP contribution in [0.3, 0.4) is 0 Å². The predicted molar refractivity (Wildman–Crippen MR) is 91.0 cm³/mol. The Morgan fingerprint density at radius 2 is 1.96 bits per heavy atom. The van der Waals surface area contributed by atoms with E-state index in [4.69, 9.17) is 9.15 Å². The molecule has 3 rings (SSSR count). The lowest BCUT2D eigenvalue weighted by Crippen LogP contribution is -2.10. The number of ether oxygens (including phenoxy) is 1. The van der Waals surface area contributed by atoms with E-state index in [0.717, 1.165) is 5.52 Å². The molecule has 1 N–H and O–H groups in total. The number of aromatic hydroxyl groups is 1. The third-order valence-electron chi connectivity index (χ3n) is 3.78. The summed E-state index contributed by atoms with van der Waals surface area (Å²) in [6.45, 7) is 8.84. The van der Waals surface area contributed by atoms with Crippen LogP contribution in [0, 0.1) is 0 Å². The largest absolute Gasteiger partial charge is 0.504 e. The summed E-state index contributed by atoms with van der Waals surface area (Å²) >= 11 is 0. The van der Waals surface area contributed by atoms with Crippen LogP contribution in [0.1, 0.15) is 33.3 Å². The molecule has 2 aromatic carbocycles. The van der Waals surface area contributed by atoms with Crippen LogP contribution in [0.15, 0.2) is 40.8 Å². The number of benzene rings is 2. The summed E-state index contributed by atoms with van der Waals surface area (Å²) in [4.78, 5) is 4.54. The highest BCUT2D eigenvalue weighted by atomic mass is 16.5. The minimum Gasteiger partial charge on any atom is -0.504 e. The molecule has 0 aliphatic carbocycles. The van der Waals surface area contributed by atoms with Gasteiger partial charge in [-0.1, -0.05) is 32.9 Å². The molecule has 0 saturated carbocycles. The topological polar surface area (TPSA) is 55.5 Å². The molecule has 3 aromatic rings. The van der Waals surface area contributed by atoms with Gasteiger partial charge in [0.05, 0.1) is 12.2 Å². The summed E-state index contributed by atoms with van der Waals surface area (Å²) in [6.07, 6.45) is 0. The van der Waals surface area contributed by atoms with E-state index >= 15 is 0 Å². The average Bonchev–Trinajstić information content (AvgIpc) is 2.91. The van der Waals surface area contributed by atoms with Gasteiger partial charge in [0.1, 0.15) is 5.52 Å². The van der Waals surface area contributed by atoms with Crippen molar-refractivity contribution < 1.29 is 14.3 Å². The summed E-state index contributed by atoms with van der Waals surface area (Å²) in [5, 5.41) is 10.4. The molecule has 0 bridgehead atoms. The quantitative estimate of drug-likeness (QED) is 0.747. The third-order valence-corrected chi connectivity index (χ3v) is 3.78. The maximum absolute atomic E-state index is 10.4. The van der Waals surface area contributed by atoms with Crippen molar-refractivity contribution in [2.75, 3.05) is 6.61 Å². The molecule has 0 radical (unpaired) electrons. The number of nitrogens with zero attached hydrogens (tertiary/aromatic N) is 1. The van der Waals surface area contributed by atoms with Crippen molar-refractivity contribution in [1.82, 2.24) is 4.98 Å². The zero-order valence-corrected chi connectivity index (χ0v) is 13.9. The van der Waals surface area contributed by atoms with Crippen LogP contribution in [0.5, 0.6) is 11.5 Å². The second-order valence-corrected chi connectivity index (χ2v) is 6.54. The summed E-state index contributed by atoms with van der Waals surface area (Å²) < 4.78 is 11.2. The standard InChI is InChI=1S/C19H21NO3/c1-5-22-16-8-6-7-13(17(16)21)18-20-14-11-12(19(2,3)4)9-10-15(14)23-18/h6-11,21H,5H2,1-4H3. The van der Waals surface area contributed by atoms with E-state index in [-0.39, 0.29) is 11.2 Å². The van der Waals surface area contributed by atoms with Gasteiger partial charge in [0, 0.05) is 0 Å². The smallest absolute Gasteiger partial charge is 0.231 e. The van der Waals surface area contributed by atoms with Crippen LogP contribution < -0.4 is 4.74 Å². The fourth-order valence-corrected chi connectivity index (χ4v) is 2.48. The number of phenols is 1. The van der Waals surface area contributed by atoms with E-state index in [1.807, 2.05) is 31.2 Å². The van der Waals surface area contributed by atoms with Gasteiger partial charge in [-0.25, -0.2) is 4.98 Å². The molecule has 0 fully saturated rings. The van der Waals surface area contributed by atoms with Crippen molar-refractivity contribution in [2.24, 2.45) is 0 Å². The van der Waals surface area contributed by atoms with Crippen molar-refractivity contribution in [3.05, 3.63) is 42.0 Å². The van der Waals surface area contributed by atoms with Crippen LogP contribution in [-0.4, -0.2) is 16.7 Å². The average molecular weight is 311 g/mol. The Hall–Kier alpha value is -2.49. The molecule has 120 valence electrons. The van der Waals surface area contributed by atoms with Gasteiger partial charge in [-0.15, -0.1) is 0 Å². The summed E-state index contributed by atoms with van der Waals surface area (Å²) in [7, 11) is 0. The van der Waals surface area contributed by atoms with Gasteiger partial charge in [-0.2, -0.15) is 0 Å². The summed E-state index contributed by atoms with van der Waals surface area (Å²) in [5.74, 6) is 0.879. The number of hydrogen-bond acceptors (Lipinski definition) is 4. The Labute approximate surface area is 135 Å². The number of rotatable bonds is 3. The molecule has 23 heavy (non-hydrogen) atoms. The van der Waals surface area contributed by atoms with Crippen molar-refractivity contribution in [3.63, 3.8) is 0 Å². The zero-order valence-electron chi connectivity index (χ0n) is 13.9. The molecule has 4 heteroatoms. The van der Waals surface area contributed by atoms with Crippen LogP contribution in [0.2, 0.25) is 0 Å². The fourth-order valence-electron chi connectivity index (χ4n) is 2.48. The van der Waals surface area contributed by atoms with E-state index in [1.54, 1.807) is 12.1 Å². The lowest BCUT2D eigenvalue weighted by Gasteiger charge is -2.18. The summed E-state index contributed by atoms with van der Waals surface area (Å²) in [5.41, 5.74) is 3.26. The molecule has 0 aliphatic heterocycles. The van der Waals surface area contributed by atoms with Gasteiger partial charge in [0.2, 0.25) is 5.89 Å². The first-order valence-electron chi connectivity index (χ1n) is 7.76. The molecule has 0 atom stereocenters. The summed E-state index contributed by atoms with van der Waals surface area (Å²) in [6, 6.07) is 11.3. The fraction of sp³-hybridized carbons (Fsp3) is 0.316. The van der Waals surface area contributed by atoms with Crippen LogP contribution in [0.4, 0.5) is 0 Å². The van der Waals surface area contributed by atoms with Gasteiger partial charge in [0.15, 0.2) is 17.1 Å². The van der Waals surface area contributed by atoms with Crippen LogP contribution >= 0.6 is 0 Å². The third kappa shape index (κ3) is 2.89. The number of phenolic OH excluding ortho intramolecular Hbond substituents is 1. The van der Waals surface area contributed by atoms with E-state index in [0.29, 0.717) is 29.4 Å². The molecule has 0 saturated heterocycles. The Balaban J connectivity index is 2.09. The highest BCUT2D eigenvalue weighted by Crippen LogP contribution is 2.38. The minimum absolute atomic E-state index is 0.0460. The molecule has 4 nitrogen and oxygen atoms in total. The second-order valence-electron chi connectivity index (χ2n) is 6.54. The van der Waals surface area contributed by atoms with E-state index < -0.39 is 0 Å². The lowest BCUT2D eigenvalue weighted by atomic mass is 9.87. The van der Waals surface area contributed by atoms with E-state index in [9.17, 15) is 5.11 Å². The van der Waals surface area contributed by atoms with Crippen molar-refractivity contribution in [3.8, 4) is 23.0 Å². The maximum atomic E-state index is 10.4. The molecule has 0 amide bonds. The van der Waals surface area contributed by atoms with Gasteiger partial charge in [-0.3, -0.25) is 0 Å². The van der Waals surface area contributed by atoms with E-state index in [2.05, 4.69) is 25.8 Å². The van der Waals surface area contributed by atoms with Crippen LogP contribution in [-0.2, 0) is 5.41 Å². The van der Waals surface area contributed by atoms with Gasteiger partial charge in [-0.05, 0) is 42.2 Å². The van der Waals surface area contributed by atoms with Crippen LogP contribution in [0.25, 0.3) is 22.6 Å². The number of aromatic nitrogens is 1. The normalized spacial score (nSPS) is 11.8. The van der Waals surface area contributed by atoms with Crippen molar-refractivity contribution >= 4 is 11.1 Å². The number of fused-ring (bicyclic) bond motifs is 1. The molecular weight excluding hydrogens is 290 g/mol. The zero-order chi connectivity index (χ0) is 16.6. The molecular formula is C19H21NO3. The highest BCUT2D eigenvalue weighted by molar-refractivity contribution is 5.79. The maximum Gasteiger partial charge on any atom is 0.231 e. The first kappa shape index (κ1) is 15.4. The molecule has 0 spiro atoms. The monoisotopic (exact) mass is 311 g/mol. The second kappa shape index (κ2) is 5.61. The highest BCUT2D eigenvalue weighted by Gasteiger charge is 2.18. The molecule has 1 heterocycles. The number of para-hydroxylation sites is 1. The SMILES string of the molecule is CCOc1cccc(-c2nc3cc(C(C)(C)C)ccc3o2)c1O. The number of hydrogen-bond donors (Lipinski definition) is 1. The predicted octanol–water partition coefficient (Wildman–Crippen LogP) is 4.90. The molecule has 0 unspecified atom stereocenters. The molecule has 0 aliphatic rings. The Morgan fingerprint density at radius 1 is 1.17 bits per heavy atom. The van der Waals surface area contributed by atoms with Gasteiger partial charge >= 0.3 is 0 Å². The molecule has 1 aromatic heterocycles. The Kier molecular flexibility index (Phi) is 3.76. The van der Waals surface area contributed by atoms with Crippen molar-refractivity contribution in [1.29, 1.82) is 0 Å².